The number of hydrogen-bond acceptors (Lipinski definition) is 4. The van der Waals surface area contributed by atoms with E-state index in [1.165, 1.54) is 11.3 Å². The second-order valence-electron chi connectivity index (χ2n) is 2.83. The van der Waals surface area contributed by atoms with Crippen LogP contribution in [0, 0.1) is 3.57 Å². The molecular formula is C8H6BIO2S2. The SMILES string of the molecule is OB(O)c1sc2cc(S)ccc2c1I. The van der Waals surface area contributed by atoms with Crippen LogP contribution in [0.5, 0.6) is 0 Å². The summed E-state index contributed by atoms with van der Waals surface area (Å²) in [5, 5.41) is 19.3. The maximum atomic E-state index is 9.12. The molecule has 0 fully saturated rings. The molecule has 0 bridgehead atoms. The first kappa shape index (κ1) is 10.8. The molecule has 0 radical (unpaired) electrons. The van der Waals surface area contributed by atoms with E-state index >= 15 is 0 Å². The van der Waals surface area contributed by atoms with Crippen LogP contribution in [-0.2, 0) is 0 Å². The molecule has 0 saturated heterocycles. The van der Waals surface area contributed by atoms with Crippen molar-refractivity contribution in [1.29, 1.82) is 0 Å². The van der Waals surface area contributed by atoms with Crippen LogP contribution in [0.3, 0.4) is 0 Å². The quantitative estimate of drug-likeness (QED) is 0.419. The molecule has 0 aliphatic rings. The molecule has 0 aliphatic heterocycles. The second kappa shape index (κ2) is 4.01. The van der Waals surface area contributed by atoms with Crippen LogP contribution >= 0.6 is 46.6 Å². The summed E-state index contributed by atoms with van der Waals surface area (Å²) < 4.78 is 2.54. The average Bonchev–Trinajstić information content (AvgIpc) is 2.43. The van der Waals surface area contributed by atoms with Gasteiger partial charge in [0.05, 0.1) is 0 Å². The summed E-state index contributed by atoms with van der Waals surface area (Å²) in [7, 11) is -1.39. The molecule has 14 heavy (non-hydrogen) atoms. The number of hydrogen-bond donors (Lipinski definition) is 3. The third-order valence-corrected chi connectivity index (χ3v) is 4.87. The Hall–Kier alpha value is 0.245. The maximum absolute atomic E-state index is 9.12. The van der Waals surface area contributed by atoms with Gasteiger partial charge in [-0.3, -0.25) is 0 Å². The van der Waals surface area contributed by atoms with Crippen LogP contribution < -0.4 is 4.78 Å². The van der Waals surface area contributed by atoms with Crippen molar-refractivity contribution in [2.45, 2.75) is 4.90 Å². The molecule has 0 atom stereocenters. The highest BCUT2D eigenvalue weighted by molar-refractivity contribution is 14.1. The van der Waals surface area contributed by atoms with Gasteiger partial charge in [0.15, 0.2) is 0 Å². The van der Waals surface area contributed by atoms with E-state index < -0.39 is 7.12 Å². The van der Waals surface area contributed by atoms with E-state index in [9.17, 15) is 0 Å². The zero-order valence-electron chi connectivity index (χ0n) is 6.94. The van der Waals surface area contributed by atoms with Crippen LogP contribution in [0.2, 0.25) is 0 Å². The fourth-order valence-electron chi connectivity index (χ4n) is 1.24. The molecule has 0 aliphatic carbocycles. The molecule has 72 valence electrons. The van der Waals surface area contributed by atoms with Crippen LogP contribution in [-0.4, -0.2) is 17.2 Å². The van der Waals surface area contributed by atoms with Crippen LogP contribution in [0.25, 0.3) is 10.1 Å². The first-order valence-corrected chi connectivity index (χ1v) is 6.21. The summed E-state index contributed by atoms with van der Waals surface area (Å²) in [5.74, 6) is 0. The molecule has 1 heterocycles. The van der Waals surface area contributed by atoms with Gasteiger partial charge in [0.2, 0.25) is 0 Å². The van der Waals surface area contributed by atoms with Gasteiger partial charge in [-0.05, 0) is 34.7 Å². The highest BCUT2D eigenvalue weighted by Crippen LogP contribution is 2.27. The Bertz CT molecular complexity index is 483. The Morgan fingerprint density at radius 2 is 2.07 bits per heavy atom. The lowest BCUT2D eigenvalue weighted by atomic mass is 9.89. The van der Waals surface area contributed by atoms with Crippen molar-refractivity contribution in [3.63, 3.8) is 0 Å². The van der Waals surface area contributed by atoms with E-state index in [2.05, 4.69) is 35.2 Å². The van der Waals surface area contributed by atoms with Gasteiger partial charge in [-0.25, -0.2) is 0 Å². The lowest BCUT2D eigenvalue weighted by Gasteiger charge is -1.93. The Labute approximate surface area is 105 Å². The Balaban J connectivity index is 2.73. The lowest BCUT2D eigenvalue weighted by molar-refractivity contribution is 0.426. The number of rotatable bonds is 1. The first-order chi connectivity index (χ1) is 6.59. The number of thiophene rings is 1. The van der Waals surface area contributed by atoms with E-state index in [0.717, 1.165) is 18.6 Å². The average molecular weight is 336 g/mol. The predicted molar refractivity (Wildman–Crippen MR) is 71.6 cm³/mol. The van der Waals surface area contributed by atoms with E-state index in [4.69, 9.17) is 10.0 Å². The molecule has 2 nitrogen and oxygen atoms in total. The highest BCUT2D eigenvalue weighted by Gasteiger charge is 2.20. The molecule has 0 spiro atoms. The van der Waals surface area contributed by atoms with Crippen molar-refractivity contribution in [2.75, 3.05) is 0 Å². The van der Waals surface area contributed by atoms with Gasteiger partial charge in [0.25, 0.3) is 0 Å². The summed E-state index contributed by atoms with van der Waals surface area (Å²) >= 11 is 7.75. The normalized spacial score (nSPS) is 10.9. The zero-order chi connectivity index (χ0) is 10.3. The van der Waals surface area contributed by atoms with Gasteiger partial charge < -0.3 is 10.0 Å². The van der Waals surface area contributed by atoms with Gasteiger partial charge in [0.1, 0.15) is 0 Å². The zero-order valence-corrected chi connectivity index (χ0v) is 10.8. The van der Waals surface area contributed by atoms with Crippen molar-refractivity contribution in [3.8, 4) is 0 Å². The highest BCUT2D eigenvalue weighted by atomic mass is 127. The van der Waals surface area contributed by atoms with Crippen molar-refractivity contribution in [3.05, 3.63) is 21.8 Å². The van der Waals surface area contributed by atoms with Gasteiger partial charge in [-0.1, -0.05) is 6.07 Å². The molecule has 1 aromatic carbocycles. The van der Waals surface area contributed by atoms with Crippen LogP contribution in [0.15, 0.2) is 23.1 Å². The van der Waals surface area contributed by atoms with Crippen molar-refractivity contribution in [2.24, 2.45) is 0 Å². The number of thiol groups is 1. The van der Waals surface area contributed by atoms with Crippen molar-refractivity contribution >= 4 is 68.5 Å². The molecule has 2 aromatic rings. The summed E-state index contributed by atoms with van der Waals surface area (Å²) in [6.07, 6.45) is 0. The molecular weight excluding hydrogens is 330 g/mol. The fraction of sp³-hybridized carbons (Fsp3) is 0. The number of benzene rings is 1. The molecule has 0 saturated carbocycles. The van der Waals surface area contributed by atoms with Gasteiger partial charge in [-0.15, -0.1) is 24.0 Å². The topological polar surface area (TPSA) is 40.5 Å². The third-order valence-electron chi connectivity index (χ3n) is 1.87. The van der Waals surface area contributed by atoms with Crippen molar-refractivity contribution < 1.29 is 10.0 Å². The monoisotopic (exact) mass is 336 g/mol. The fourth-order valence-corrected chi connectivity index (χ4v) is 3.80. The van der Waals surface area contributed by atoms with Crippen LogP contribution in [0.1, 0.15) is 0 Å². The molecule has 1 aromatic heterocycles. The van der Waals surface area contributed by atoms with E-state index in [0.29, 0.717) is 4.78 Å². The minimum absolute atomic E-state index is 0.597. The van der Waals surface area contributed by atoms with Gasteiger partial charge in [-0.2, -0.15) is 0 Å². The lowest BCUT2D eigenvalue weighted by Crippen LogP contribution is -2.28. The summed E-state index contributed by atoms with van der Waals surface area (Å²) in [6, 6.07) is 5.77. The standard InChI is InChI=1S/C8H6BIO2S2/c10-7-5-2-1-4(13)3-6(5)14-8(7)9(11)12/h1-3,11-13H. The second-order valence-corrected chi connectivity index (χ2v) is 5.51. The van der Waals surface area contributed by atoms with E-state index in [-0.39, 0.29) is 0 Å². The maximum Gasteiger partial charge on any atom is 0.500 e. The smallest absolute Gasteiger partial charge is 0.423 e. The number of fused-ring (bicyclic) bond motifs is 1. The third kappa shape index (κ3) is 1.81. The van der Waals surface area contributed by atoms with E-state index in [1.54, 1.807) is 0 Å². The summed E-state index contributed by atoms with van der Waals surface area (Å²) in [4.78, 5) is 0.883. The summed E-state index contributed by atoms with van der Waals surface area (Å²) in [6.45, 7) is 0. The predicted octanol–water partition coefficient (Wildman–Crippen LogP) is 1.47. The van der Waals surface area contributed by atoms with Crippen LogP contribution in [0.4, 0.5) is 0 Å². The number of halogens is 1. The largest absolute Gasteiger partial charge is 0.500 e. The van der Waals surface area contributed by atoms with Crippen molar-refractivity contribution in [1.82, 2.24) is 0 Å². The van der Waals surface area contributed by atoms with Gasteiger partial charge >= 0.3 is 7.12 Å². The Morgan fingerprint density at radius 3 is 2.71 bits per heavy atom. The first-order valence-electron chi connectivity index (χ1n) is 3.86. The minimum Gasteiger partial charge on any atom is -0.423 e. The Morgan fingerprint density at radius 1 is 1.36 bits per heavy atom. The molecule has 0 unspecified atom stereocenters. The Kier molecular flexibility index (Phi) is 3.08. The van der Waals surface area contributed by atoms with Gasteiger partial charge in [0, 0.05) is 23.3 Å². The molecule has 6 heteroatoms. The molecule has 0 amide bonds. The molecule has 2 N–H and O–H groups in total. The summed E-state index contributed by atoms with van der Waals surface area (Å²) in [5.41, 5.74) is 0. The minimum atomic E-state index is -1.39. The molecule has 2 rings (SSSR count). The van der Waals surface area contributed by atoms with E-state index in [1.807, 2.05) is 18.2 Å².